The Balaban J connectivity index is 1.75. The quantitative estimate of drug-likeness (QED) is 0.468. The third kappa shape index (κ3) is 3.01. The lowest BCUT2D eigenvalue weighted by molar-refractivity contribution is 0.678. The van der Waals surface area contributed by atoms with Gasteiger partial charge in [0.25, 0.3) is 5.56 Å². The molecule has 142 valence electrons. The van der Waals surface area contributed by atoms with Crippen molar-refractivity contribution >= 4 is 16.7 Å². The highest BCUT2D eigenvalue weighted by Gasteiger charge is 2.17. The zero-order valence-electron chi connectivity index (χ0n) is 16.1. The molecule has 5 aromatic rings. The molecule has 2 heterocycles. The summed E-state index contributed by atoms with van der Waals surface area (Å²) in [7, 11) is 0. The molecule has 5 heteroatoms. The first-order valence-electron chi connectivity index (χ1n) is 9.70. The number of fused-ring (bicyclic) bond motifs is 3. The maximum atomic E-state index is 13.2. The highest BCUT2D eigenvalue weighted by Crippen LogP contribution is 2.23. The monoisotopic (exact) mass is 380 g/mol. The van der Waals surface area contributed by atoms with Gasteiger partial charge in [-0.15, -0.1) is 10.2 Å². The fraction of sp³-hybridized carbons (Fsp3) is 0.125. The van der Waals surface area contributed by atoms with E-state index in [1.165, 1.54) is 5.56 Å². The molecule has 0 aliphatic carbocycles. The number of rotatable bonds is 4. The number of para-hydroxylation sites is 1. The van der Waals surface area contributed by atoms with Crippen LogP contribution in [0.3, 0.4) is 0 Å². The maximum absolute atomic E-state index is 13.2. The van der Waals surface area contributed by atoms with Gasteiger partial charge < -0.3 is 0 Å². The van der Waals surface area contributed by atoms with Crippen molar-refractivity contribution in [2.45, 2.75) is 19.9 Å². The molecule has 0 bridgehead atoms. The van der Waals surface area contributed by atoms with Gasteiger partial charge in [0.15, 0.2) is 5.82 Å². The van der Waals surface area contributed by atoms with Crippen LogP contribution in [0.15, 0.2) is 83.7 Å². The third-order valence-corrected chi connectivity index (χ3v) is 5.25. The molecule has 0 amide bonds. The second kappa shape index (κ2) is 7.02. The SMILES string of the molecule is Cc1cccc(-c2nnc3n(CCc4ccccc4)c(=O)c4ccccc4n23)c1. The number of nitrogens with zero attached hydrogens (tertiary/aromatic N) is 4. The number of aryl methyl sites for hydroxylation is 3. The number of hydrogen-bond donors (Lipinski definition) is 0. The van der Waals surface area contributed by atoms with E-state index in [1.807, 2.05) is 59.0 Å². The van der Waals surface area contributed by atoms with Crippen molar-refractivity contribution in [3.05, 3.63) is 100 Å². The smallest absolute Gasteiger partial charge is 0.262 e. The summed E-state index contributed by atoms with van der Waals surface area (Å²) >= 11 is 0. The average Bonchev–Trinajstić information content (AvgIpc) is 3.20. The summed E-state index contributed by atoms with van der Waals surface area (Å²) in [5, 5.41) is 9.56. The highest BCUT2D eigenvalue weighted by molar-refractivity contribution is 5.82. The number of aromatic nitrogens is 4. The second-order valence-corrected chi connectivity index (χ2v) is 7.24. The first kappa shape index (κ1) is 17.4. The Morgan fingerprint density at radius 3 is 2.48 bits per heavy atom. The van der Waals surface area contributed by atoms with Gasteiger partial charge in [-0.3, -0.25) is 13.8 Å². The standard InChI is InChI=1S/C24H20N4O/c1-17-8-7-11-19(16-17)22-25-26-24-27(15-14-18-9-3-2-4-10-18)23(29)20-12-5-6-13-21(20)28(22)24/h2-13,16H,14-15H2,1H3. The molecule has 3 aromatic carbocycles. The van der Waals surface area contributed by atoms with Crippen LogP contribution in [-0.2, 0) is 13.0 Å². The van der Waals surface area contributed by atoms with Gasteiger partial charge in [0.1, 0.15) is 0 Å². The zero-order chi connectivity index (χ0) is 19.8. The lowest BCUT2D eigenvalue weighted by Crippen LogP contribution is -2.24. The lowest BCUT2D eigenvalue weighted by atomic mass is 10.1. The minimum absolute atomic E-state index is 0.0350. The van der Waals surface area contributed by atoms with Gasteiger partial charge in [-0.25, -0.2) is 0 Å². The van der Waals surface area contributed by atoms with E-state index < -0.39 is 0 Å². The van der Waals surface area contributed by atoms with Gasteiger partial charge in [0.05, 0.1) is 10.9 Å². The Morgan fingerprint density at radius 1 is 0.862 bits per heavy atom. The molecule has 0 aliphatic heterocycles. The first-order valence-corrected chi connectivity index (χ1v) is 9.70. The first-order chi connectivity index (χ1) is 14.2. The van der Waals surface area contributed by atoms with Gasteiger partial charge in [-0.2, -0.15) is 0 Å². The van der Waals surface area contributed by atoms with Gasteiger partial charge in [0, 0.05) is 12.1 Å². The second-order valence-electron chi connectivity index (χ2n) is 7.24. The summed E-state index contributed by atoms with van der Waals surface area (Å²) in [4.78, 5) is 13.2. The molecule has 0 atom stereocenters. The van der Waals surface area contributed by atoms with Crippen molar-refractivity contribution < 1.29 is 0 Å². The van der Waals surface area contributed by atoms with Crippen molar-refractivity contribution in [2.75, 3.05) is 0 Å². The molecule has 5 nitrogen and oxygen atoms in total. The van der Waals surface area contributed by atoms with Gasteiger partial charge in [-0.1, -0.05) is 66.2 Å². The molecule has 0 saturated carbocycles. The maximum Gasteiger partial charge on any atom is 0.262 e. The van der Waals surface area contributed by atoms with E-state index in [0.717, 1.165) is 28.9 Å². The Morgan fingerprint density at radius 2 is 1.66 bits per heavy atom. The van der Waals surface area contributed by atoms with Crippen molar-refractivity contribution in [3.63, 3.8) is 0 Å². The minimum Gasteiger partial charge on any atom is -0.276 e. The molecule has 5 rings (SSSR count). The largest absolute Gasteiger partial charge is 0.276 e. The van der Waals surface area contributed by atoms with E-state index in [1.54, 1.807) is 4.57 Å². The highest BCUT2D eigenvalue weighted by atomic mass is 16.1. The predicted octanol–water partition coefficient (Wildman–Crippen LogP) is 4.26. The van der Waals surface area contributed by atoms with E-state index in [2.05, 4.69) is 41.4 Å². The summed E-state index contributed by atoms with van der Waals surface area (Å²) in [5.74, 6) is 1.31. The molecule has 0 spiro atoms. The molecule has 0 fully saturated rings. The lowest BCUT2D eigenvalue weighted by Gasteiger charge is -2.11. The van der Waals surface area contributed by atoms with Crippen molar-refractivity contribution in [3.8, 4) is 11.4 Å². The number of hydrogen-bond acceptors (Lipinski definition) is 3. The Labute approximate surface area is 167 Å². The van der Waals surface area contributed by atoms with Crippen LogP contribution in [0.5, 0.6) is 0 Å². The summed E-state index contributed by atoms with van der Waals surface area (Å²) in [6, 6.07) is 26.0. The Hall–Kier alpha value is -3.73. The topological polar surface area (TPSA) is 52.2 Å². The summed E-state index contributed by atoms with van der Waals surface area (Å²) in [5.41, 5.74) is 4.11. The van der Waals surface area contributed by atoms with Crippen LogP contribution >= 0.6 is 0 Å². The number of benzene rings is 3. The zero-order valence-corrected chi connectivity index (χ0v) is 16.1. The van der Waals surface area contributed by atoms with Crippen LogP contribution in [0.25, 0.3) is 28.1 Å². The summed E-state index contributed by atoms with van der Waals surface area (Å²) in [6.45, 7) is 2.60. The fourth-order valence-electron chi connectivity index (χ4n) is 3.82. The van der Waals surface area contributed by atoms with Crippen LogP contribution in [0.2, 0.25) is 0 Å². The van der Waals surface area contributed by atoms with Crippen molar-refractivity contribution in [1.29, 1.82) is 0 Å². The van der Waals surface area contributed by atoms with E-state index in [0.29, 0.717) is 17.7 Å². The van der Waals surface area contributed by atoms with Crippen LogP contribution in [0.4, 0.5) is 0 Å². The van der Waals surface area contributed by atoms with E-state index in [9.17, 15) is 4.79 Å². The van der Waals surface area contributed by atoms with Gasteiger partial charge >= 0.3 is 0 Å². The van der Waals surface area contributed by atoms with Crippen molar-refractivity contribution in [1.82, 2.24) is 19.2 Å². The Bertz CT molecular complexity index is 1380. The molecule has 0 unspecified atom stereocenters. The molecule has 0 aliphatic rings. The normalized spacial score (nSPS) is 11.3. The third-order valence-electron chi connectivity index (χ3n) is 5.25. The summed E-state index contributed by atoms with van der Waals surface area (Å²) < 4.78 is 3.73. The van der Waals surface area contributed by atoms with E-state index in [-0.39, 0.29) is 5.56 Å². The fourth-order valence-corrected chi connectivity index (χ4v) is 3.82. The minimum atomic E-state index is -0.0350. The average molecular weight is 380 g/mol. The van der Waals surface area contributed by atoms with Crippen LogP contribution in [0.1, 0.15) is 11.1 Å². The molecule has 2 aromatic heterocycles. The molecular weight excluding hydrogens is 360 g/mol. The summed E-state index contributed by atoms with van der Waals surface area (Å²) in [6.07, 6.45) is 0.751. The molecule has 0 N–H and O–H groups in total. The van der Waals surface area contributed by atoms with Crippen LogP contribution in [-0.4, -0.2) is 19.2 Å². The van der Waals surface area contributed by atoms with Crippen LogP contribution in [0, 0.1) is 6.92 Å². The Kier molecular flexibility index (Phi) is 4.21. The molecule has 0 saturated heterocycles. The van der Waals surface area contributed by atoms with E-state index in [4.69, 9.17) is 0 Å². The van der Waals surface area contributed by atoms with Gasteiger partial charge in [-0.05, 0) is 37.1 Å². The van der Waals surface area contributed by atoms with Crippen molar-refractivity contribution in [2.24, 2.45) is 0 Å². The predicted molar refractivity (Wildman–Crippen MR) is 115 cm³/mol. The molecule has 0 radical (unpaired) electrons. The van der Waals surface area contributed by atoms with Crippen LogP contribution < -0.4 is 5.56 Å². The molecular formula is C24H20N4O. The van der Waals surface area contributed by atoms with E-state index >= 15 is 0 Å². The van der Waals surface area contributed by atoms with Gasteiger partial charge in [0.2, 0.25) is 5.78 Å². The molecule has 29 heavy (non-hydrogen) atoms.